The van der Waals surface area contributed by atoms with E-state index in [1.807, 2.05) is 0 Å². The van der Waals surface area contributed by atoms with Crippen molar-refractivity contribution in [3.8, 4) is 0 Å². The molecule has 0 bridgehead atoms. The Morgan fingerprint density at radius 3 is 2.73 bits per heavy atom. The van der Waals surface area contributed by atoms with Crippen molar-refractivity contribution in [2.45, 2.75) is 38.6 Å². The van der Waals surface area contributed by atoms with Gasteiger partial charge in [-0.2, -0.15) is 0 Å². The monoisotopic (exact) mass is 273 g/mol. The van der Waals surface area contributed by atoms with Crippen LogP contribution in [-0.4, -0.2) is 0 Å². The van der Waals surface area contributed by atoms with E-state index in [1.54, 1.807) is 6.07 Å². The number of unbranched alkanes of at least 4 members (excludes halogenated alkanes) is 2. The Labute approximate surface area is 99.0 Å². The van der Waals surface area contributed by atoms with E-state index < -0.39 is 0 Å². The average Bonchev–Trinajstić information content (AvgIpc) is 2.17. The maximum Gasteiger partial charge on any atom is 0.124 e. The molecule has 0 heterocycles. The van der Waals surface area contributed by atoms with Crippen LogP contribution in [0.2, 0.25) is 0 Å². The van der Waals surface area contributed by atoms with Crippen LogP contribution in [0, 0.1) is 5.82 Å². The number of rotatable bonds is 5. The summed E-state index contributed by atoms with van der Waals surface area (Å²) in [6.07, 6.45) is 4.48. The Balaban J connectivity index is 2.61. The lowest BCUT2D eigenvalue weighted by atomic mass is 10.0. The molecule has 0 radical (unpaired) electrons. The van der Waals surface area contributed by atoms with E-state index in [9.17, 15) is 4.39 Å². The van der Waals surface area contributed by atoms with Crippen molar-refractivity contribution in [2.75, 3.05) is 0 Å². The van der Waals surface area contributed by atoms with E-state index in [0.29, 0.717) is 0 Å². The molecule has 84 valence electrons. The van der Waals surface area contributed by atoms with Gasteiger partial charge in [-0.1, -0.05) is 48.2 Å². The number of hydrogen-bond donors (Lipinski definition) is 1. The molecule has 0 aliphatic rings. The quantitative estimate of drug-likeness (QED) is 0.801. The molecular formula is C12H17BrFN. The third kappa shape index (κ3) is 3.92. The van der Waals surface area contributed by atoms with Gasteiger partial charge in [0.25, 0.3) is 0 Å². The molecule has 0 saturated heterocycles. The molecule has 1 aromatic rings. The molecule has 0 aliphatic carbocycles. The molecule has 1 unspecified atom stereocenters. The van der Waals surface area contributed by atoms with Crippen LogP contribution in [0.1, 0.15) is 44.2 Å². The Hall–Kier alpha value is -0.410. The van der Waals surface area contributed by atoms with E-state index in [1.165, 1.54) is 25.0 Å². The van der Waals surface area contributed by atoms with Crippen molar-refractivity contribution in [1.82, 2.24) is 0 Å². The van der Waals surface area contributed by atoms with Gasteiger partial charge in [-0.3, -0.25) is 0 Å². The van der Waals surface area contributed by atoms with Crippen molar-refractivity contribution in [3.63, 3.8) is 0 Å². The first kappa shape index (κ1) is 12.7. The lowest BCUT2D eigenvalue weighted by Crippen LogP contribution is -2.10. The minimum absolute atomic E-state index is 0.00604. The number of hydrogen-bond acceptors (Lipinski definition) is 1. The van der Waals surface area contributed by atoms with Crippen LogP contribution in [0.5, 0.6) is 0 Å². The predicted molar refractivity (Wildman–Crippen MR) is 65.2 cm³/mol. The smallest absolute Gasteiger partial charge is 0.124 e. The van der Waals surface area contributed by atoms with Gasteiger partial charge >= 0.3 is 0 Å². The molecule has 1 atom stereocenters. The molecule has 0 saturated carbocycles. The fourth-order valence-electron chi connectivity index (χ4n) is 1.57. The molecule has 1 rings (SSSR count). The van der Waals surface area contributed by atoms with Crippen molar-refractivity contribution in [3.05, 3.63) is 34.1 Å². The molecule has 0 fully saturated rings. The maximum absolute atomic E-state index is 12.8. The van der Waals surface area contributed by atoms with Crippen LogP contribution >= 0.6 is 15.9 Å². The van der Waals surface area contributed by atoms with Crippen molar-refractivity contribution in [1.29, 1.82) is 0 Å². The summed E-state index contributed by atoms with van der Waals surface area (Å²) in [5.74, 6) is -0.230. The summed E-state index contributed by atoms with van der Waals surface area (Å²) < 4.78 is 13.6. The van der Waals surface area contributed by atoms with Crippen molar-refractivity contribution < 1.29 is 4.39 Å². The third-order valence-corrected chi connectivity index (χ3v) is 3.17. The molecule has 0 amide bonds. The van der Waals surface area contributed by atoms with Gasteiger partial charge in [0.15, 0.2) is 0 Å². The Morgan fingerprint density at radius 2 is 2.13 bits per heavy atom. The predicted octanol–water partition coefficient (Wildman–Crippen LogP) is 4.17. The molecule has 1 nitrogen and oxygen atoms in total. The first-order valence-corrected chi connectivity index (χ1v) is 6.15. The highest BCUT2D eigenvalue weighted by Gasteiger charge is 2.09. The summed E-state index contributed by atoms with van der Waals surface area (Å²) in [5.41, 5.74) is 7.03. The first-order chi connectivity index (χ1) is 7.15. The molecular weight excluding hydrogens is 257 g/mol. The van der Waals surface area contributed by atoms with Crippen LogP contribution in [0.25, 0.3) is 0 Å². The lowest BCUT2D eigenvalue weighted by Gasteiger charge is -2.13. The van der Waals surface area contributed by atoms with E-state index >= 15 is 0 Å². The lowest BCUT2D eigenvalue weighted by molar-refractivity contribution is 0.576. The minimum Gasteiger partial charge on any atom is -0.324 e. The molecule has 0 spiro atoms. The second-order valence-corrected chi connectivity index (χ2v) is 4.62. The van der Waals surface area contributed by atoms with E-state index in [2.05, 4.69) is 22.9 Å². The second kappa shape index (κ2) is 6.23. The summed E-state index contributed by atoms with van der Waals surface area (Å²) in [4.78, 5) is 0. The summed E-state index contributed by atoms with van der Waals surface area (Å²) in [6, 6.07) is 4.69. The van der Waals surface area contributed by atoms with Gasteiger partial charge in [-0.15, -0.1) is 0 Å². The van der Waals surface area contributed by atoms with E-state index in [4.69, 9.17) is 5.73 Å². The standard InChI is InChI=1S/C12H17BrFN/c1-2-3-4-5-12(15)10-7-6-9(14)8-11(10)13/h6-8,12H,2-5,15H2,1H3. The normalized spacial score (nSPS) is 12.8. The van der Waals surface area contributed by atoms with Crippen molar-refractivity contribution in [2.24, 2.45) is 5.73 Å². The topological polar surface area (TPSA) is 26.0 Å². The zero-order valence-corrected chi connectivity index (χ0v) is 10.6. The van der Waals surface area contributed by atoms with Crippen LogP contribution < -0.4 is 5.73 Å². The number of halogens is 2. The van der Waals surface area contributed by atoms with Gasteiger partial charge in [0.1, 0.15) is 5.82 Å². The van der Waals surface area contributed by atoms with Gasteiger partial charge in [0.2, 0.25) is 0 Å². The fraction of sp³-hybridized carbons (Fsp3) is 0.500. The largest absolute Gasteiger partial charge is 0.324 e. The zero-order chi connectivity index (χ0) is 11.3. The van der Waals surface area contributed by atoms with E-state index in [-0.39, 0.29) is 11.9 Å². The second-order valence-electron chi connectivity index (χ2n) is 3.77. The van der Waals surface area contributed by atoms with Crippen LogP contribution in [0.15, 0.2) is 22.7 Å². The van der Waals surface area contributed by atoms with Crippen LogP contribution in [0.3, 0.4) is 0 Å². The Bertz CT molecular complexity index is 314. The summed E-state index contributed by atoms with van der Waals surface area (Å²) in [7, 11) is 0. The fourth-order valence-corrected chi connectivity index (χ4v) is 2.22. The summed E-state index contributed by atoms with van der Waals surface area (Å²) >= 11 is 3.34. The molecule has 3 heteroatoms. The summed E-state index contributed by atoms with van der Waals surface area (Å²) in [5, 5.41) is 0. The summed E-state index contributed by atoms with van der Waals surface area (Å²) in [6.45, 7) is 2.17. The van der Waals surface area contributed by atoms with Gasteiger partial charge in [0.05, 0.1) is 0 Å². The van der Waals surface area contributed by atoms with Crippen molar-refractivity contribution >= 4 is 15.9 Å². The van der Waals surface area contributed by atoms with E-state index in [0.717, 1.165) is 22.9 Å². The highest BCUT2D eigenvalue weighted by molar-refractivity contribution is 9.10. The maximum atomic E-state index is 12.8. The highest BCUT2D eigenvalue weighted by atomic mass is 79.9. The Kier molecular flexibility index (Phi) is 5.26. The van der Waals surface area contributed by atoms with Gasteiger partial charge < -0.3 is 5.73 Å². The molecule has 2 N–H and O–H groups in total. The molecule has 0 aliphatic heterocycles. The first-order valence-electron chi connectivity index (χ1n) is 5.35. The average molecular weight is 274 g/mol. The van der Waals surface area contributed by atoms with Gasteiger partial charge in [-0.05, 0) is 24.1 Å². The molecule has 0 aromatic heterocycles. The zero-order valence-electron chi connectivity index (χ0n) is 8.97. The van der Waals surface area contributed by atoms with Gasteiger partial charge in [0, 0.05) is 10.5 Å². The molecule has 1 aromatic carbocycles. The SMILES string of the molecule is CCCCCC(N)c1ccc(F)cc1Br. The van der Waals surface area contributed by atoms with Crippen LogP contribution in [-0.2, 0) is 0 Å². The number of benzene rings is 1. The van der Waals surface area contributed by atoms with Gasteiger partial charge in [-0.25, -0.2) is 4.39 Å². The van der Waals surface area contributed by atoms with Crippen LogP contribution in [0.4, 0.5) is 4.39 Å². The molecule has 15 heavy (non-hydrogen) atoms. The number of nitrogens with two attached hydrogens (primary N) is 1. The minimum atomic E-state index is -0.230. The highest BCUT2D eigenvalue weighted by Crippen LogP contribution is 2.26. The third-order valence-electron chi connectivity index (χ3n) is 2.48. The Morgan fingerprint density at radius 1 is 1.40 bits per heavy atom.